The summed E-state index contributed by atoms with van der Waals surface area (Å²) in [4.78, 5) is 12.3. The first-order valence-electron chi connectivity index (χ1n) is 8.17. The highest BCUT2D eigenvalue weighted by Gasteiger charge is 2.34. The fraction of sp³-hybridized carbons (Fsp3) is 0.389. The molecule has 0 amide bonds. The van der Waals surface area contributed by atoms with Gasteiger partial charge in [-0.1, -0.05) is 28.6 Å². The molecule has 0 saturated carbocycles. The van der Waals surface area contributed by atoms with E-state index in [4.69, 9.17) is 0 Å². The predicted octanol–water partition coefficient (Wildman–Crippen LogP) is 3.33. The van der Waals surface area contributed by atoms with Crippen LogP contribution in [-0.2, 0) is 14.8 Å². The van der Waals surface area contributed by atoms with Crippen LogP contribution in [0.1, 0.15) is 19.3 Å². The van der Waals surface area contributed by atoms with E-state index in [1.165, 1.54) is 23.5 Å². The molecule has 0 saturated heterocycles. The van der Waals surface area contributed by atoms with Gasteiger partial charge >= 0.3 is 0 Å². The fourth-order valence-electron chi connectivity index (χ4n) is 3.23. The quantitative estimate of drug-likeness (QED) is 0.605. The number of nitrogens with zero attached hydrogens (tertiary/aromatic N) is 2. The molecule has 0 heterocycles. The molecule has 1 atom stereocenters. The van der Waals surface area contributed by atoms with Gasteiger partial charge in [-0.2, -0.15) is 4.31 Å². The Morgan fingerprint density at radius 2 is 2.08 bits per heavy atom. The Morgan fingerprint density at radius 3 is 2.65 bits per heavy atom. The van der Waals surface area contributed by atoms with Crippen LogP contribution in [0.2, 0.25) is 0 Å². The van der Waals surface area contributed by atoms with E-state index in [1.807, 2.05) is 0 Å². The zero-order chi connectivity index (χ0) is 19.5. The second kappa shape index (κ2) is 8.45. The summed E-state index contributed by atoms with van der Waals surface area (Å²) < 4.78 is 41.9. The first-order valence-corrected chi connectivity index (χ1v) is 10.4. The van der Waals surface area contributed by atoms with Crippen molar-refractivity contribution in [3.63, 3.8) is 0 Å². The minimum Gasteiger partial charge on any atom is -0.371 e. The lowest BCUT2D eigenvalue weighted by molar-refractivity contribution is -0.108. The molecule has 1 aliphatic rings. The van der Waals surface area contributed by atoms with Crippen molar-refractivity contribution in [3.05, 3.63) is 52.4 Å². The van der Waals surface area contributed by atoms with Crippen LogP contribution >= 0.6 is 15.9 Å². The third-order valence-corrected chi connectivity index (χ3v) is 7.00. The molecule has 0 radical (unpaired) electrons. The smallest absolute Gasteiger partial charge is 0.246 e. The first kappa shape index (κ1) is 20.8. The average molecular weight is 445 g/mol. The number of aldehydes is 1. The number of carbonyl (C=O) groups is 1. The molecule has 1 aliphatic carbocycles. The Morgan fingerprint density at radius 1 is 1.38 bits per heavy atom. The predicted molar refractivity (Wildman–Crippen MR) is 103 cm³/mol. The van der Waals surface area contributed by atoms with Crippen molar-refractivity contribution >= 4 is 32.2 Å². The number of rotatable bonds is 7. The number of allylic oxidation sites excluding steroid dienone is 1. The van der Waals surface area contributed by atoms with Crippen molar-refractivity contribution in [1.82, 2.24) is 9.21 Å². The summed E-state index contributed by atoms with van der Waals surface area (Å²) in [6.07, 6.45) is 4.54. The second-order valence-electron chi connectivity index (χ2n) is 6.16. The summed E-state index contributed by atoms with van der Waals surface area (Å²) in [5.41, 5.74) is 1.64. The standard InChI is InChI=1S/C18H22BrFN2O3S/c1-4-14-16(21(2)10-11-23)6-5-7-17(14)22(3)26(24,25)18-9-8-13(19)12-15(18)20/h4,8-9,11-12,17H,1,5-7,10H2,2-3H3/t17-/m1/s1. The van der Waals surface area contributed by atoms with Crippen LogP contribution in [-0.4, -0.2) is 50.6 Å². The van der Waals surface area contributed by atoms with Crippen LogP contribution in [0, 0.1) is 5.82 Å². The van der Waals surface area contributed by atoms with Gasteiger partial charge in [0.1, 0.15) is 17.0 Å². The lowest BCUT2D eigenvalue weighted by Crippen LogP contribution is -2.41. The Kier molecular flexibility index (Phi) is 6.76. The lowest BCUT2D eigenvalue weighted by atomic mass is 9.90. The highest BCUT2D eigenvalue weighted by atomic mass is 79.9. The second-order valence-corrected chi connectivity index (χ2v) is 9.04. The molecule has 1 aromatic rings. The molecule has 5 nitrogen and oxygen atoms in total. The lowest BCUT2D eigenvalue weighted by Gasteiger charge is -2.36. The molecule has 0 aliphatic heterocycles. The Bertz CT molecular complexity index is 839. The average Bonchev–Trinajstić information content (AvgIpc) is 2.60. The van der Waals surface area contributed by atoms with Crippen LogP contribution in [0.25, 0.3) is 0 Å². The molecular formula is C18H22BrFN2O3S. The van der Waals surface area contributed by atoms with Crippen molar-refractivity contribution < 1.29 is 17.6 Å². The van der Waals surface area contributed by atoms with Gasteiger partial charge in [0.05, 0.1) is 12.6 Å². The fourth-order valence-corrected chi connectivity index (χ4v) is 4.97. The summed E-state index contributed by atoms with van der Waals surface area (Å²) in [7, 11) is -0.781. The molecule has 2 rings (SSSR count). The summed E-state index contributed by atoms with van der Waals surface area (Å²) in [6.45, 7) is 4.04. The van der Waals surface area contributed by atoms with Gasteiger partial charge in [-0.25, -0.2) is 12.8 Å². The maximum Gasteiger partial charge on any atom is 0.246 e. The van der Waals surface area contributed by atoms with Crippen LogP contribution in [0.15, 0.2) is 51.5 Å². The van der Waals surface area contributed by atoms with Gasteiger partial charge in [-0.3, -0.25) is 0 Å². The summed E-state index contributed by atoms with van der Waals surface area (Å²) >= 11 is 3.13. The first-order chi connectivity index (χ1) is 12.2. The minimum atomic E-state index is -4.02. The summed E-state index contributed by atoms with van der Waals surface area (Å²) in [6, 6.07) is 3.43. The number of hydrogen-bond acceptors (Lipinski definition) is 4. The van der Waals surface area contributed by atoms with E-state index in [1.54, 1.807) is 18.0 Å². The topological polar surface area (TPSA) is 57.7 Å². The van der Waals surface area contributed by atoms with Gasteiger partial charge in [0.15, 0.2) is 0 Å². The van der Waals surface area contributed by atoms with E-state index in [9.17, 15) is 17.6 Å². The number of carbonyl (C=O) groups excluding carboxylic acids is 1. The summed E-state index contributed by atoms with van der Waals surface area (Å²) in [5, 5.41) is 0. The highest BCUT2D eigenvalue weighted by molar-refractivity contribution is 9.10. The van der Waals surface area contributed by atoms with Crippen LogP contribution in [0.5, 0.6) is 0 Å². The van der Waals surface area contributed by atoms with E-state index in [0.29, 0.717) is 10.9 Å². The Labute approximate surface area is 162 Å². The highest BCUT2D eigenvalue weighted by Crippen LogP contribution is 2.33. The zero-order valence-electron chi connectivity index (χ0n) is 14.8. The van der Waals surface area contributed by atoms with Crippen molar-refractivity contribution in [2.75, 3.05) is 20.6 Å². The molecule has 0 unspecified atom stereocenters. The van der Waals surface area contributed by atoms with Gasteiger partial charge in [0, 0.05) is 24.3 Å². The third-order valence-electron chi connectivity index (χ3n) is 4.60. The molecule has 0 spiro atoms. The van der Waals surface area contributed by atoms with Crippen LogP contribution in [0.4, 0.5) is 4.39 Å². The molecular weight excluding hydrogens is 423 g/mol. The molecule has 0 N–H and O–H groups in total. The van der Waals surface area contributed by atoms with Gasteiger partial charge in [-0.15, -0.1) is 0 Å². The monoisotopic (exact) mass is 444 g/mol. The van der Waals surface area contributed by atoms with E-state index in [-0.39, 0.29) is 11.4 Å². The Balaban J connectivity index is 2.46. The number of halogens is 2. The minimum absolute atomic E-state index is 0.219. The largest absolute Gasteiger partial charge is 0.371 e. The van der Waals surface area contributed by atoms with Gasteiger partial charge in [-0.05, 0) is 43.0 Å². The molecule has 26 heavy (non-hydrogen) atoms. The van der Waals surface area contributed by atoms with Gasteiger partial charge in [0.2, 0.25) is 10.0 Å². The van der Waals surface area contributed by atoms with Crippen LogP contribution in [0.3, 0.4) is 0 Å². The zero-order valence-corrected chi connectivity index (χ0v) is 17.2. The molecule has 8 heteroatoms. The van der Waals surface area contributed by atoms with E-state index in [0.717, 1.165) is 36.5 Å². The van der Waals surface area contributed by atoms with Crippen molar-refractivity contribution in [2.24, 2.45) is 0 Å². The third kappa shape index (κ3) is 4.07. The van der Waals surface area contributed by atoms with Crippen LogP contribution < -0.4 is 0 Å². The molecule has 0 aromatic heterocycles. The molecule has 142 valence electrons. The number of hydrogen-bond donors (Lipinski definition) is 0. The summed E-state index contributed by atoms with van der Waals surface area (Å²) in [5.74, 6) is -0.801. The maximum absolute atomic E-state index is 14.2. The number of sulfonamides is 1. The molecule has 0 fully saturated rings. The van der Waals surface area contributed by atoms with E-state index < -0.39 is 21.9 Å². The number of benzene rings is 1. The van der Waals surface area contributed by atoms with Crippen molar-refractivity contribution in [2.45, 2.75) is 30.2 Å². The van der Waals surface area contributed by atoms with Crippen molar-refractivity contribution in [3.8, 4) is 0 Å². The normalized spacial score (nSPS) is 18.1. The maximum atomic E-state index is 14.2. The van der Waals surface area contributed by atoms with E-state index in [2.05, 4.69) is 22.5 Å². The van der Waals surface area contributed by atoms with Crippen molar-refractivity contribution in [1.29, 1.82) is 0 Å². The van der Waals surface area contributed by atoms with E-state index >= 15 is 0 Å². The Hall–Kier alpha value is -1.51. The van der Waals surface area contributed by atoms with Gasteiger partial charge in [0.25, 0.3) is 0 Å². The molecule has 1 aromatic carbocycles. The molecule has 0 bridgehead atoms. The van der Waals surface area contributed by atoms with Gasteiger partial charge < -0.3 is 9.69 Å². The SMILES string of the molecule is C=CC1=C(N(C)CC=O)CCC[C@H]1N(C)S(=O)(=O)c1ccc(Br)cc1F. The number of likely N-dealkylation sites (N-methyl/N-ethyl adjacent to an activating group) is 2.